The van der Waals surface area contributed by atoms with Gasteiger partial charge in [0.25, 0.3) is 0 Å². The number of hydrogen-bond acceptors (Lipinski definition) is 14. The van der Waals surface area contributed by atoms with Crippen LogP contribution >= 0.6 is 0 Å². The first kappa shape index (κ1) is 70.0. The Hall–Kier alpha value is -3.09. The highest BCUT2D eigenvalue weighted by atomic mass is 16.7. The second kappa shape index (κ2) is 48.8. The van der Waals surface area contributed by atoms with E-state index in [0.29, 0.717) is 19.4 Å². The molecule has 2 rings (SSSR count). The molecule has 11 atom stereocenters. The van der Waals surface area contributed by atoms with Gasteiger partial charge >= 0.3 is 5.97 Å². The molecule has 0 aromatic carbocycles. The number of allylic oxidation sites excluding steroid dienone is 16. The summed E-state index contributed by atoms with van der Waals surface area (Å²) in [6.45, 7) is 3.47. The maximum absolute atomic E-state index is 13.0. The zero-order valence-electron chi connectivity index (χ0n) is 47.4. The molecule has 7 N–H and O–H groups in total. The third-order valence-electron chi connectivity index (χ3n) is 13.6. The Labute approximate surface area is 464 Å². The van der Waals surface area contributed by atoms with Crippen LogP contribution in [-0.4, -0.2) is 142 Å². The first-order chi connectivity index (χ1) is 37.6. The number of esters is 1. The van der Waals surface area contributed by atoms with E-state index in [-0.39, 0.29) is 19.6 Å². The first-order valence-corrected chi connectivity index (χ1v) is 29.8. The predicted octanol–water partition coefficient (Wildman–Crippen LogP) is 11.0. The fraction of sp³-hybridized carbons (Fsp3) is 0.730. The van der Waals surface area contributed by atoms with E-state index in [1.807, 2.05) is 6.08 Å². The van der Waals surface area contributed by atoms with Gasteiger partial charge in [-0.05, 0) is 89.9 Å². The van der Waals surface area contributed by atoms with Gasteiger partial charge in [-0.1, -0.05) is 195 Å². The lowest BCUT2D eigenvalue weighted by molar-refractivity contribution is -0.332. The zero-order chi connectivity index (χ0) is 55.8. The molecule has 0 amide bonds. The maximum atomic E-state index is 13.0. The van der Waals surface area contributed by atoms with Crippen LogP contribution < -0.4 is 0 Å². The Morgan fingerprint density at radius 3 is 1.32 bits per heavy atom. The summed E-state index contributed by atoms with van der Waals surface area (Å²) >= 11 is 0. The second-order valence-electron chi connectivity index (χ2n) is 20.4. The highest BCUT2D eigenvalue weighted by Gasteiger charge is 2.47. The summed E-state index contributed by atoms with van der Waals surface area (Å²) < 4.78 is 34.3. The number of aliphatic hydroxyl groups is 7. The summed E-state index contributed by atoms with van der Waals surface area (Å²) in [5.74, 6) is -0.436. The summed E-state index contributed by atoms with van der Waals surface area (Å²) in [7, 11) is 0. The van der Waals surface area contributed by atoms with Gasteiger partial charge in [-0.15, -0.1) is 0 Å². The van der Waals surface area contributed by atoms with Gasteiger partial charge < -0.3 is 64.2 Å². The van der Waals surface area contributed by atoms with E-state index in [9.17, 15) is 40.5 Å². The van der Waals surface area contributed by atoms with Crippen molar-refractivity contribution in [3.05, 3.63) is 97.2 Å². The Morgan fingerprint density at radius 1 is 0.442 bits per heavy atom. The van der Waals surface area contributed by atoms with E-state index in [4.69, 9.17) is 28.4 Å². The number of carbonyl (C=O) groups is 1. The first-order valence-electron chi connectivity index (χ1n) is 29.8. The molecule has 14 nitrogen and oxygen atoms in total. The fourth-order valence-corrected chi connectivity index (χ4v) is 8.80. The van der Waals surface area contributed by atoms with Gasteiger partial charge in [0.05, 0.1) is 26.4 Å². The molecule has 11 unspecified atom stereocenters. The van der Waals surface area contributed by atoms with Crippen LogP contribution in [0.4, 0.5) is 0 Å². The van der Waals surface area contributed by atoms with Gasteiger partial charge in [0.1, 0.15) is 54.9 Å². The molecule has 2 aliphatic rings. The fourth-order valence-electron chi connectivity index (χ4n) is 8.80. The van der Waals surface area contributed by atoms with Gasteiger partial charge in [-0.3, -0.25) is 4.79 Å². The number of ether oxygens (including phenoxy) is 6. The molecule has 442 valence electrons. The summed E-state index contributed by atoms with van der Waals surface area (Å²) in [6, 6.07) is 0. The normalized spacial score (nSPS) is 25.0. The van der Waals surface area contributed by atoms with Crippen molar-refractivity contribution in [1.29, 1.82) is 0 Å². The highest BCUT2D eigenvalue weighted by Crippen LogP contribution is 2.26. The summed E-state index contributed by atoms with van der Waals surface area (Å²) in [5, 5.41) is 72.4. The molecule has 0 radical (unpaired) electrons. The van der Waals surface area contributed by atoms with Crippen LogP contribution in [0.15, 0.2) is 97.2 Å². The lowest BCUT2D eigenvalue weighted by Crippen LogP contribution is -2.61. The number of aliphatic hydroxyl groups excluding tert-OH is 7. The standard InChI is InChI=1S/C63H106O14/c1-3-5-7-9-11-13-15-17-19-21-22-23-24-25-26-27-28-29-31-33-35-37-39-41-43-45-47-72-49-52(75-55(65)46-44-42-40-38-36-34-32-30-20-18-16-14-12-10-8-6-4-2)50-73-62-61(71)59(69)57(67)54(77-62)51-74-63-60(70)58(68)56(66)53(48-64)76-63/h6,8,12,14-15,17-18,20-22,24-25,32,34,38,40,52-54,56-64,66-71H,3-5,7,9-11,13,16,19,23,26-31,33,35-37,39,41-51H2,1-2H3/b8-6-,14-12-,17-15-,20-18-,22-21-,25-24-,34-32-,40-38-. The average molecular weight is 1090 g/mol. The highest BCUT2D eigenvalue weighted by molar-refractivity contribution is 5.69. The van der Waals surface area contributed by atoms with Crippen molar-refractivity contribution in [1.82, 2.24) is 0 Å². The lowest BCUT2D eigenvalue weighted by Gasteiger charge is -2.42. The van der Waals surface area contributed by atoms with Crippen molar-refractivity contribution in [2.24, 2.45) is 0 Å². The van der Waals surface area contributed by atoms with Gasteiger partial charge in [0.15, 0.2) is 12.6 Å². The van der Waals surface area contributed by atoms with Crippen molar-refractivity contribution >= 4 is 5.97 Å². The molecule has 0 aliphatic carbocycles. The van der Waals surface area contributed by atoms with Crippen molar-refractivity contribution in [3.63, 3.8) is 0 Å². The van der Waals surface area contributed by atoms with Crippen molar-refractivity contribution in [2.45, 2.75) is 261 Å². The summed E-state index contributed by atoms with van der Waals surface area (Å²) in [6.07, 6.45) is 49.1. The van der Waals surface area contributed by atoms with Crippen molar-refractivity contribution in [2.75, 3.05) is 33.0 Å². The molecule has 2 heterocycles. The minimum atomic E-state index is -1.72. The maximum Gasteiger partial charge on any atom is 0.306 e. The molecule has 0 bridgehead atoms. The zero-order valence-corrected chi connectivity index (χ0v) is 47.4. The molecule has 2 fully saturated rings. The number of hydrogen-bond donors (Lipinski definition) is 7. The van der Waals surface area contributed by atoms with Gasteiger partial charge in [-0.2, -0.15) is 0 Å². The van der Waals surface area contributed by atoms with Crippen LogP contribution in [0.25, 0.3) is 0 Å². The van der Waals surface area contributed by atoms with E-state index in [1.54, 1.807) is 0 Å². The van der Waals surface area contributed by atoms with Crippen LogP contribution in [0.1, 0.15) is 194 Å². The number of rotatable bonds is 47. The topological polar surface area (TPSA) is 214 Å². The molecule has 2 aliphatic heterocycles. The SMILES string of the molecule is CC/C=C\C/C=C\C/C=C\C/C=C\C/C=C\CCCC(=O)OC(COCCCCCCCCCCCCC/C=C\C/C=C\C/C=C\CCCCCCC)COC1OC(COC2OC(CO)C(O)C(O)C2O)C(O)C(O)C1O. The molecule has 77 heavy (non-hydrogen) atoms. The minimum Gasteiger partial charge on any atom is -0.457 e. The third kappa shape index (κ3) is 35.3. The van der Waals surface area contributed by atoms with Gasteiger partial charge in [-0.25, -0.2) is 0 Å². The molecular formula is C63H106O14. The van der Waals surface area contributed by atoms with Crippen LogP contribution in [-0.2, 0) is 33.2 Å². The Bertz CT molecular complexity index is 1640. The lowest BCUT2D eigenvalue weighted by atomic mass is 9.98. The smallest absolute Gasteiger partial charge is 0.306 e. The Balaban J connectivity index is 1.71. The van der Waals surface area contributed by atoms with Crippen LogP contribution in [0.5, 0.6) is 0 Å². The van der Waals surface area contributed by atoms with Crippen molar-refractivity contribution < 1.29 is 69.0 Å². The van der Waals surface area contributed by atoms with E-state index in [2.05, 4.69) is 105 Å². The summed E-state index contributed by atoms with van der Waals surface area (Å²) in [4.78, 5) is 13.0. The van der Waals surface area contributed by atoms with E-state index < -0.39 is 86.7 Å². The number of unbranched alkanes of at least 4 members (excludes halogenated alkanes) is 17. The Kier molecular flexibility index (Phi) is 44.4. The third-order valence-corrected chi connectivity index (χ3v) is 13.6. The molecule has 0 saturated carbocycles. The van der Waals surface area contributed by atoms with Crippen LogP contribution in [0, 0.1) is 0 Å². The molecular weight excluding hydrogens is 981 g/mol. The largest absolute Gasteiger partial charge is 0.457 e. The minimum absolute atomic E-state index is 0.0310. The molecule has 0 aromatic heterocycles. The average Bonchev–Trinajstić information content (AvgIpc) is 3.43. The summed E-state index contributed by atoms with van der Waals surface area (Å²) in [5.41, 5.74) is 0. The second-order valence-corrected chi connectivity index (χ2v) is 20.4. The van der Waals surface area contributed by atoms with Crippen molar-refractivity contribution in [3.8, 4) is 0 Å². The van der Waals surface area contributed by atoms with Crippen LogP contribution in [0.2, 0.25) is 0 Å². The van der Waals surface area contributed by atoms with E-state index >= 15 is 0 Å². The molecule has 0 aromatic rings. The molecule has 2 saturated heterocycles. The Morgan fingerprint density at radius 2 is 0.844 bits per heavy atom. The number of carbonyl (C=O) groups excluding carboxylic acids is 1. The monoisotopic (exact) mass is 1090 g/mol. The van der Waals surface area contributed by atoms with Gasteiger partial charge in [0, 0.05) is 13.0 Å². The van der Waals surface area contributed by atoms with Gasteiger partial charge in [0.2, 0.25) is 0 Å². The molecule has 0 spiro atoms. The van der Waals surface area contributed by atoms with E-state index in [0.717, 1.165) is 70.6 Å². The van der Waals surface area contributed by atoms with E-state index in [1.165, 1.54) is 89.9 Å². The quantitative estimate of drug-likeness (QED) is 0.0172. The molecule has 14 heteroatoms. The van der Waals surface area contributed by atoms with Crippen LogP contribution in [0.3, 0.4) is 0 Å². The predicted molar refractivity (Wildman–Crippen MR) is 307 cm³/mol.